The average Bonchev–Trinajstić information content (AvgIpc) is 2.39. The maximum atomic E-state index is 2.36. The van der Waals surface area contributed by atoms with Crippen molar-refractivity contribution in [3.8, 4) is 0 Å². The number of nitrogens with zero attached hydrogens (tertiary/aromatic N) is 1. The number of unbranched alkanes of at least 4 members (excludes halogenated alkanes) is 6. The van der Waals surface area contributed by atoms with Gasteiger partial charge in [-0.1, -0.05) is 46.0 Å². The highest BCUT2D eigenvalue weighted by atomic mass is 14.9. The van der Waals surface area contributed by atoms with Gasteiger partial charge in [0.1, 0.15) is 6.54 Å². The van der Waals surface area contributed by atoms with Gasteiger partial charge in [-0.05, 0) is 25.3 Å². The summed E-state index contributed by atoms with van der Waals surface area (Å²) in [7, 11) is 0. The van der Waals surface area contributed by atoms with E-state index < -0.39 is 0 Å². The Morgan fingerprint density at radius 3 is 2.39 bits per heavy atom. The normalized spacial score (nSPS) is 10.8. The minimum absolute atomic E-state index is 1.18. The molecule has 0 aliphatic rings. The smallest absolute Gasteiger partial charge is 0.171 e. The number of hydrogen-bond acceptors (Lipinski definition) is 0. The molecule has 1 aromatic rings. The van der Waals surface area contributed by atoms with E-state index in [2.05, 4.69) is 42.9 Å². The largest absolute Gasteiger partial charge is 0.205 e. The molecule has 1 heterocycles. The first-order chi connectivity index (χ1) is 8.86. The van der Waals surface area contributed by atoms with Crippen LogP contribution >= 0.6 is 0 Å². The van der Waals surface area contributed by atoms with Crippen LogP contribution in [0.15, 0.2) is 24.5 Å². The van der Waals surface area contributed by atoms with Crippen LogP contribution in [0.5, 0.6) is 0 Å². The second-order valence-corrected chi connectivity index (χ2v) is 5.32. The maximum Gasteiger partial charge on any atom is 0.171 e. The molecule has 1 heteroatoms. The molecule has 1 nitrogen and oxygen atoms in total. The lowest BCUT2D eigenvalue weighted by atomic mass is 10.1. The molecule has 0 aliphatic heterocycles. The van der Waals surface area contributed by atoms with E-state index in [1.54, 1.807) is 0 Å². The molecular weight excluding hydrogens is 218 g/mol. The average molecular weight is 248 g/mol. The molecule has 0 saturated carbocycles. The van der Waals surface area contributed by atoms with Crippen molar-refractivity contribution in [3.63, 3.8) is 0 Å². The standard InChI is InChI=1S/C17H30N/c1-3-5-7-8-9-12-17-13-11-15-18(16-17)14-10-6-4-2/h11,13,15-16H,3-10,12,14H2,1-2H3/q+1. The van der Waals surface area contributed by atoms with Crippen LogP contribution in [0.25, 0.3) is 0 Å². The third kappa shape index (κ3) is 6.78. The Labute approximate surface area is 113 Å². The summed E-state index contributed by atoms with van der Waals surface area (Å²) < 4.78 is 2.36. The van der Waals surface area contributed by atoms with Crippen LogP contribution < -0.4 is 4.57 Å². The predicted molar refractivity (Wildman–Crippen MR) is 78.6 cm³/mol. The fraction of sp³-hybridized carbons (Fsp3) is 0.706. The van der Waals surface area contributed by atoms with Crippen LogP contribution in [0.2, 0.25) is 0 Å². The highest BCUT2D eigenvalue weighted by Crippen LogP contribution is 2.07. The van der Waals surface area contributed by atoms with Gasteiger partial charge in [0.25, 0.3) is 0 Å². The van der Waals surface area contributed by atoms with Crippen molar-refractivity contribution < 1.29 is 4.57 Å². The van der Waals surface area contributed by atoms with Gasteiger partial charge in [-0.25, -0.2) is 4.57 Å². The summed E-state index contributed by atoms with van der Waals surface area (Å²) in [5, 5.41) is 0. The van der Waals surface area contributed by atoms with Gasteiger partial charge in [0.05, 0.1) is 0 Å². The molecule has 0 saturated heterocycles. The second kappa shape index (κ2) is 10.1. The molecule has 0 bridgehead atoms. The summed E-state index contributed by atoms with van der Waals surface area (Å²) in [5.41, 5.74) is 1.51. The van der Waals surface area contributed by atoms with Gasteiger partial charge < -0.3 is 0 Å². The molecule has 0 aliphatic carbocycles. The Hall–Kier alpha value is -0.850. The number of aromatic nitrogens is 1. The molecule has 0 amide bonds. The summed E-state index contributed by atoms with van der Waals surface area (Å²) in [4.78, 5) is 0. The van der Waals surface area contributed by atoms with Crippen molar-refractivity contribution in [2.24, 2.45) is 0 Å². The lowest BCUT2D eigenvalue weighted by molar-refractivity contribution is -0.697. The van der Waals surface area contributed by atoms with Crippen LogP contribution in [0.4, 0.5) is 0 Å². The predicted octanol–water partition coefficient (Wildman–Crippen LogP) is 4.68. The minimum atomic E-state index is 1.18. The van der Waals surface area contributed by atoms with E-state index in [1.807, 2.05) is 0 Å². The summed E-state index contributed by atoms with van der Waals surface area (Å²) in [5.74, 6) is 0. The Bertz CT molecular complexity index is 306. The zero-order valence-electron chi connectivity index (χ0n) is 12.3. The molecule has 0 radical (unpaired) electrons. The summed E-state index contributed by atoms with van der Waals surface area (Å²) >= 11 is 0. The van der Waals surface area contributed by atoms with Crippen LogP contribution in [0.3, 0.4) is 0 Å². The highest BCUT2D eigenvalue weighted by molar-refractivity contribution is 5.05. The van der Waals surface area contributed by atoms with Gasteiger partial charge in [0, 0.05) is 18.1 Å². The maximum absolute atomic E-state index is 2.36. The molecule has 0 atom stereocenters. The van der Waals surface area contributed by atoms with Gasteiger partial charge in [-0.3, -0.25) is 0 Å². The van der Waals surface area contributed by atoms with Crippen molar-refractivity contribution >= 4 is 0 Å². The lowest BCUT2D eigenvalue weighted by Gasteiger charge is -2.02. The lowest BCUT2D eigenvalue weighted by Crippen LogP contribution is -2.33. The Morgan fingerprint density at radius 1 is 0.889 bits per heavy atom. The first-order valence-corrected chi connectivity index (χ1v) is 7.84. The quantitative estimate of drug-likeness (QED) is 0.418. The van der Waals surface area contributed by atoms with Crippen molar-refractivity contribution in [1.82, 2.24) is 0 Å². The molecule has 1 aromatic heterocycles. The SMILES string of the molecule is CCCCCCCc1ccc[n+](CCCCC)c1. The minimum Gasteiger partial charge on any atom is -0.205 e. The van der Waals surface area contributed by atoms with Gasteiger partial charge in [0.15, 0.2) is 12.4 Å². The van der Waals surface area contributed by atoms with E-state index in [4.69, 9.17) is 0 Å². The summed E-state index contributed by atoms with van der Waals surface area (Å²) in [6.07, 6.45) is 16.6. The molecule has 0 aromatic carbocycles. The van der Waals surface area contributed by atoms with E-state index in [9.17, 15) is 0 Å². The Kier molecular flexibility index (Phi) is 8.54. The Morgan fingerprint density at radius 2 is 1.61 bits per heavy atom. The molecule has 18 heavy (non-hydrogen) atoms. The third-order valence-electron chi connectivity index (χ3n) is 3.51. The molecule has 0 spiro atoms. The second-order valence-electron chi connectivity index (χ2n) is 5.32. The fourth-order valence-corrected chi connectivity index (χ4v) is 2.34. The highest BCUT2D eigenvalue weighted by Gasteiger charge is 2.02. The van der Waals surface area contributed by atoms with E-state index in [1.165, 1.54) is 69.9 Å². The van der Waals surface area contributed by atoms with Crippen LogP contribution in [0, 0.1) is 0 Å². The first kappa shape index (κ1) is 15.2. The molecule has 0 N–H and O–H groups in total. The van der Waals surface area contributed by atoms with E-state index in [-0.39, 0.29) is 0 Å². The topological polar surface area (TPSA) is 3.88 Å². The third-order valence-corrected chi connectivity index (χ3v) is 3.51. The van der Waals surface area contributed by atoms with E-state index >= 15 is 0 Å². The van der Waals surface area contributed by atoms with Crippen LogP contribution in [-0.4, -0.2) is 0 Å². The van der Waals surface area contributed by atoms with Crippen molar-refractivity contribution in [1.29, 1.82) is 0 Å². The van der Waals surface area contributed by atoms with Crippen molar-refractivity contribution in [3.05, 3.63) is 30.1 Å². The monoisotopic (exact) mass is 248 g/mol. The van der Waals surface area contributed by atoms with Crippen molar-refractivity contribution in [2.45, 2.75) is 78.2 Å². The van der Waals surface area contributed by atoms with Gasteiger partial charge >= 0.3 is 0 Å². The first-order valence-electron chi connectivity index (χ1n) is 7.84. The molecular formula is C17H30N+. The molecule has 102 valence electrons. The van der Waals surface area contributed by atoms with Crippen LogP contribution in [-0.2, 0) is 13.0 Å². The number of hydrogen-bond donors (Lipinski definition) is 0. The van der Waals surface area contributed by atoms with E-state index in [0.717, 1.165) is 0 Å². The molecule has 1 rings (SSSR count). The van der Waals surface area contributed by atoms with Crippen molar-refractivity contribution in [2.75, 3.05) is 0 Å². The summed E-state index contributed by atoms with van der Waals surface area (Å²) in [6.45, 7) is 5.71. The van der Waals surface area contributed by atoms with Gasteiger partial charge in [-0.15, -0.1) is 0 Å². The van der Waals surface area contributed by atoms with E-state index in [0.29, 0.717) is 0 Å². The van der Waals surface area contributed by atoms with Crippen LogP contribution in [0.1, 0.15) is 70.8 Å². The zero-order chi connectivity index (χ0) is 13.1. The fourth-order valence-electron chi connectivity index (χ4n) is 2.34. The zero-order valence-corrected chi connectivity index (χ0v) is 12.3. The van der Waals surface area contributed by atoms with Gasteiger partial charge in [0.2, 0.25) is 0 Å². The van der Waals surface area contributed by atoms with Gasteiger partial charge in [-0.2, -0.15) is 0 Å². The summed E-state index contributed by atoms with van der Waals surface area (Å²) in [6, 6.07) is 4.48. The molecule has 0 unspecified atom stereocenters. The Balaban J connectivity index is 2.26. The molecule has 0 fully saturated rings. The number of aryl methyl sites for hydroxylation is 2. The number of rotatable bonds is 10. The number of pyridine rings is 1.